The van der Waals surface area contributed by atoms with E-state index in [4.69, 9.17) is 52.1 Å². The molecule has 0 aromatic carbocycles. The van der Waals surface area contributed by atoms with Crippen molar-refractivity contribution >= 4 is 47.8 Å². The van der Waals surface area contributed by atoms with Gasteiger partial charge in [0.15, 0.2) is 80.3 Å². The summed E-state index contributed by atoms with van der Waals surface area (Å²) in [5, 5.41) is 105. The third kappa shape index (κ3) is 14.9. The molecule has 0 saturated carbocycles. The molecule has 10 heterocycles. The van der Waals surface area contributed by atoms with Crippen LogP contribution in [0.25, 0.3) is 0 Å². The second-order valence-electron chi connectivity index (χ2n) is 19.9. The molecule has 95 heavy (non-hydrogen) atoms. The van der Waals surface area contributed by atoms with E-state index in [2.05, 4.69) is 0 Å². The number of rotatable bonds is 20. The van der Waals surface area contributed by atoms with Crippen molar-refractivity contribution in [3.05, 3.63) is 282 Å². The van der Waals surface area contributed by atoms with E-state index in [1.165, 1.54) is 97.1 Å². The molecule has 8 aromatic rings. The van der Waals surface area contributed by atoms with Crippen LogP contribution in [0.3, 0.4) is 0 Å². The maximum Gasteiger partial charge on any atom is 0.407 e. The molecule has 0 bridgehead atoms. The molecule has 10 atom stereocenters. The van der Waals surface area contributed by atoms with E-state index in [0.717, 1.165) is 98.1 Å². The van der Waals surface area contributed by atoms with Crippen LogP contribution in [0.1, 0.15) is 83.9 Å². The van der Waals surface area contributed by atoms with Crippen LogP contribution in [0.5, 0.6) is 0 Å². The first-order valence-corrected chi connectivity index (χ1v) is 27.8. The van der Waals surface area contributed by atoms with Crippen molar-refractivity contribution < 1.29 is 128 Å². The Morgan fingerprint density at radius 1 is 0.274 bits per heavy atom. The molecule has 2 aliphatic heterocycles. The Kier molecular flexibility index (Phi) is 19.9. The van der Waals surface area contributed by atoms with Gasteiger partial charge in [-0.3, -0.25) is 0 Å². The Morgan fingerprint density at radius 3 is 0.789 bits per heavy atom. The lowest BCUT2D eigenvalue weighted by atomic mass is 9.95. The normalized spacial score (nSPS) is 20.5. The first-order valence-electron chi connectivity index (χ1n) is 27.8. The second-order valence-corrected chi connectivity index (χ2v) is 19.9. The smallest absolute Gasteiger partial charge is 0.407 e. The summed E-state index contributed by atoms with van der Waals surface area (Å²) in [6.45, 7) is -2.57. The van der Waals surface area contributed by atoms with Gasteiger partial charge < -0.3 is 93.8 Å². The number of ether oxygens (including phenoxy) is 11. The predicted molar refractivity (Wildman–Crippen MR) is 297 cm³/mol. The number of nitrogens with zero attached hydrogens (tertiary/aromatic N) is 8. The van der Waals surface area contributed by atoms with Crippen molar-refractivity contribution in [2.75, 3.05) is 13.2 Å². The van der Waals surface area contributed by atoms with Gasteiger partial charge in [-0.15, -0.1) is 0 Å². The van der Waals surface area contributed by atoms with Crippen molar-refractivity contribution in [2.45, 2.75) is 61.4 Å². The highest BCUT2D eigenvalue weighted by molar-refractivity contribution is 5.90. The SMILES string of the molecule is O=C(OC[C@H]1O[C@@H](O[C@H]2[C@H](OC(=O)c3cccc[n+]3[O-])[C@@H](OC(=O)c3cccc[n+]3[O-])[C@H](OC(=O)c3cccc[n+]3[O-])O[C@@H]2COC(=O)c2cccc[n+]2[O-])[C@H](OC(=O)c2cccc[n+]2[O-])[C@@H](OC(=O)c2cccc[n+]2[O-])[C@@H]1OC(=O)c1cccc[n+]1[O-])c1cccc[n+]1[O-]. The summed E-state index contributed by atoms with van der Waals surface area (Å²) in [5.41, 5.74) is -6.36. The summed E-state index contributed by atoms with van der Waals surface area (Å²) in [6.07, 6.45) is -18.3. The fourth-order valence-electron chi connectivity index (χ4n) is 9.45. The van der Waals surface area contributed by atoms with Gasteiger partial charge in [0.05, 0.1) is 0 Å². The number of hydrogen-bond acceptors (Lipinski definition) is 27. The first kappa shape index (κ1) is 65.2. The van der Waals surface area contributed by atoms with Gasteiger partial charge in [0, 0.05) is 97.1 Å². The van der Waals surface area contributed by atoms with E-state index in [9.17, 15) is 80.0 Å². The summed E-state index contributed by atoms with van der Waals surface area (Å²) in [5.74, 6) is -12.7. The minimum atomic E-state index is -2.71. The fraction of sp³-hybridized carbons (Fsp3) is 0.200. The third-order valence-corrected chi connectivity index (χ3v) is 13.9. The van der Waals surface area contributed by atoms with E-state index in [1.54, 1.807) is 0 Å². The third-order valence-electron chi connectivity index (χ3n) is 13.9. The molecular formula is C60H46N8O27. The maximum atomic E-state index is 14.7. The Labute approximate surface area is 531 Å². The highest BCUT2D eigenvalue weighted by atomic mass is 16.8. The van der Waals surface area contributed by atoms with Gasteiger partial charge in [-0.25, -0.2) is 38.4 Å². The predicted octanol–water partition coefficient (Wildman–Crippen LogP) is -1.41. The summed E-state index contributed by atoms with van der Waals surface area (Å²) in [6, 6.07) is 27.1. The summed E-state index contributed by atoms with van der Waals surface area (Å²) in [7, 11) is 0. The van der Waals surface area contributed by atoms with Gasteiger partial charge in [0.1, 0.15) is 31.5 Å². The number of esters is 8. The summed E-state index contributed by atoms with van der Waals surface area (Å²) < 4.78 is 66.1. The van der Waals surface area contributed by atoms with Crippen molar-refractivity contribution in [3.8, 4) is 0 Å². The molecule has 0 radical (unpaired) electrons. The number of aromatic nitrogens is 8. The molecule has 35 nitrogen and oxygen atoms in total. The van der Waals surface area contributed by atoms with Crippen LogP contribution < -0.4 is 37.8 Å². The lowest BCUT2D eigenvalue weighted by molar-refractivity contribution is -0.609. The largest absolute Gasteiger partial charge is 0.618 e. The fourth-order valence-corrected chi connectivity index (χ4v) is 9.45. The minimum absolute atomic E-state index is 0.00131. The molecule has 0 amide bonds. The first-order chi connectivity index (χ1) is 45.8. The molecule has 0 unspecified atom stereocenters. The van der Waals surface area contributed by atoms with Gasteiger partial charge in [-0.2, -0.15) is 37.8 Å². The van der Waals surface area contributed by atoms with E-state index in [-0.39, 0.29) is 37.8 Å². The molecular weight excluding hydrogens is 1260 g/mol. The van der Waals surface area contributed by atoms with Gasteiger partial charge in [0.25, 0.3) is 0 Å². The van der Waals surface area contributed by atoms with Crippen LogP contribution in [-0.4, -0.2) is 122 Å². The monoisotopic (exact) mass is 1310 g/mol. The molecule has 8 aromatic heterocycles. The zero-order valence-corrected chi connectivity index (χ0v) is 48.3. The van der Waals surface area contributed by atoms with Crippen molar-refractivity contribution in [3.63, 3.8) is 0 Å². The lowest BCUT2D eigenvalue weighted by Crippen LogP contribution is -2.68. The van der Waals surface area contributed by atoms with Crippen LogP contribution >= 0.6 is 0 Å². The Balaban J connectivity index is 1.19. The van der Waals surface area contributed by atoms with Gasteiger partial charge in [-0.1, -0.05) is 0 Å². The molecule has 488 valence electrons. The zero-order valence-electron chi connectivity index (χ0n) is 48.3. The molecule has 0 spiro atoms. The minimum Gasteiger partial charge on any atom is -0.618 e. The molecule has 0 aliphatic carbocycles. The van der Waals surface area contributed by atoms with E-state index >= 15 is 0 Å². The number of carbonyl (C=O) groups excluding carboxylic acids is 8. The quantitative estimate of drug-likeness (QED) is 0.0366. The van der Waals surface area contributed by atoms with Gasteiger partial charge in [-0.05, 0) is 48.5 Å². The molecule has 10 rings (SSSR count). The molecule has 2 saturated heterocycles. The molecule has 2 aliphatic rings. The van der Waals surface area contributed by atoms with Crippen LogP contribution in [0.15, 0.2) is 195 Å². The number of carbonyl (C=O) groups is 8. The lowest BCUT2D eigenvalue weighted by Gasteiger charge is -2.48. The average Bonchev–Trinajstić information content (AvgIpc) is 0.767. The van der Waals surface area contributed by atoms with Crippen LogP contribution in [-0.2, 0) is 52.1 Å². The van der Waals surface area contributed by atoms with E-state index < -0.39 is 168 Å². The highest BCUT2D eigenvalue weighted by Gasteiger charge is 2.60. The Bertz CT molecular complexity index is 4220. The van der Waals surface area contributed by atoms with Crippen molar-refractivity contribution in [1.29, 1.82) is 0 Å². The maximum absolute atomic E-state index is 14.7. The van der Waals surface area contributed by atoms with E-state index in [0.29, 0.717) is 0 Å². The molecule has 2 fully saturated rings. The average molecular weight is 1310 g/mol. The van der Waals surface area contributed by atoms with E-state index in [1.807, 2.05) is 0 Å². The highest BCUT2D eigenvalue weighted by Crippen LogP contribution is 2.37. The summed E-state index contributed by atoms with van der Waals surface area (Å²) >= 11 is 0. The number of hydrogen-bond donors (Lipinski definition) is 0. The Hall–Kier alpha value is -12.8. The van der Waals surface area contributed by atoms with Crippen LogP contribution in [0.2, 0.25) is 0 Å². The van der Waals surface area contributed by atoms with Crippen molar-refractivity contribution in [1.82, 2.24) is 0 Å². The van der Waals surface area contributed by atoms with Crippen LogP contribution in [0, 0.1) is 41.7 Å². The molecule has 35 heteroatoms. The van der Waals surface area contributed by atoms with Gasteiger partial charge >= 0.3 is 93.3 Å². The summed E-state index contributed by atoms with van der Waals surface area (Å²) in [4.78, 5) is 115. The molecule has 0 N–H and O–H groups in total. The number of pyridine rings is 8. The zero-order chi connectivity index (χ0) is 67.4. The Morgan fingerprint density at radius 2 is 0.495 bits per heavy atom. The van der Waals surface area contributed by atoms with Crippen LogP contribution in [0.4, 0.5) is 0 Å². The van der Waals surface area contributed by atoms with Gasteiger partial charge in [0.2, 0.25) is 12.4 Å². The second kappa shape index (κ2) is 29.0. The standard InChI is InChI=1S/C60H46N8O27/c69-51(35-17-1-9-25-61(35)77)85-33-43-45(89-53(71)37-19-3-11-27-63(37)79)47(90-54(72)38-20-4-12-28-64(38)80)49(92-56(74)40-22-6-14-30-66(40)82)59(87-43)94-46-44(34-86-52(70)36-18-2-10-26-62(36)78)88-60(95-58(76)42-24-8-16-32-68(42)84)50(93-57(75)41-23-7-15-31-67(41)83)48(46)91-55(73)39-21-5-13-29-65(39)81/h1-32,43-50,59-60H,33-34H2/t43-,44-,45-,46-,47+,48+,49-,50-,59+,60+/m1/s1. The topological polar surface area (TPSA) is 454 Å². The van der Waals surface area contributed by atoms with Crippen molar-refractivity contribution in [2.24, 2.45) is 0 Å².